The molecule has 80 valence electrons. The Hall–Kier alpha value is -1.91. The fourth-order valence-corrected chi connectivity index (χ4v) is 1.06. The summed E-state index contributed by atoms with van der Waals surface area (Å²) in [4.78, 5) is 20.9. The second-order valence-corrected chi connectivity index (χ2v) is 3.05. The molecular formula is C10H12N2O3. The van der Waals surface area contributed by atoms with Gasteiger partial charge in [-0.1, -0.05) is 19.1 Å². The van der Waals surface area contributed by atoms with Crippen molar-refractivity contribution < 1.29 is 9.72 Å². The molecule has 5 nitrogen and oxygen atoms in total. The quantitative estimate of drug-likeness (QED) is 0.603. The summed E-state index contributed by atoms with van der Waals surface area (Å²) < 4.78 is 0. The van der Waals surface area contributed by atoms with Crippen molar-refractivity contribution in [3.05, 3.63) is 39.9 Å². The van der Waals surface area contributed by atoms with Gasteiger partial charge in [-0.2, -0.15) is 0 Å². The zero-order valence-electron chi connectivity index (χ0n) is 8.40. The monoisotopic (exact) mass is 208 g/mol. The van der Waals surface area contributed by atoms with Gasteiger partial charge in [-0.15, -0.1) is 0 Å². The third-order valence-electron chi connectivity index (χ3n) is 1.96. The van der Waals surface area contributed by atoms with Crippen molar-refractivity contribution in [1.29, 1.82) is 0 Å². The van der Waals surface area contributed by atoms with Gasteiger partial charge in [-0.05, 0) is 5.56 Å². The Kier molecular flexibility index (Phi) is 3.79. The van der Waals surface area contributed by atoms with Crippen molar-refractivity contribution in [2.24, 2.45) is 0 Å². The summed E-state index contributed by atoms with van der Waals surface area (Å²) in [6.45, 7) is 2.18. The van der Waals surface area contributed by atoms with Crippen LogP contribution in [-0.2, 0) is 11.3 Å². The van der Waals surface area contributed by atoms with Crippen LogP contribution in [0.5, 0.6) is 0 Å². The van der Waals surface area contributed by atoms with Gasteiger partial charge in [0.25, 0.3) is 5.69 Å². The molecule has 1 rings (SSSR count). The smallest absolute Gasteiger partial charge is 0.269 e. The molecular weight excluding hydrogens is 196 g/mol. The van der Waals surface area contributed by atoms with Gasteiger partial charge in [0.05, 0.1) is 4.92 Å². The molecule has 0 radical (unpaired) electrons. The van der Waals surface area contributed by atoms with Crippen molar-refractivity contribution in [3.8, 4) is 0 Å². The highest BCUT2D eigenvalue weighted by Gasteiger charge is 2.04. The van der Waals surface area contributed by atoms with Crippen LogP contribution in [0.2, 0.25) is 0 Å². The summed E-state index contributed by atoms with van der Waals surface area (Å²) in [7, 11) is 0. The minimum Gasteiger partial charge on any atom is -0.352 e. The van der Waals surface area contributed by atoms with Crippen LogP contribution in [0, 0.1) is 10.1 Å². The van der Waals surface area contributed by atoms with Crippen molar-refractivity contribution >= 4 is 11.6 Å². The van der Waals surface area contributed by atoms with Gasteiger partial charge in [-0.25, -0.2) is 0 Å². The van der Waals surface area contributed by atoms with E-state index in [2.05, 4.69) is 5.32 Å². The molecule has 0 fully saturated rings. The van der Waals surface area contributed by atoms with E-state index in [0.29, 0.717) is 13.0 Å². The molecule has 0 aromatic heterocycles. The van der Waals surface area contributed by atoms with Gasteiger partial charge < -0.3 is 5.32 Å². The van der Waals surface area contributed by atoms with Crippen LogP contribution in [0.15, 0.2) is 24.3 Å². The highest BCUT2D eigenvalue weighted by Crippen LogP contribution is 2.11. The number of hydrogen-bond acceptors (Lipinski definition) is 3. The second-order valence-electron chi connectivity index (χ2n) is 3.05. The predicted molar refractivity (Wildman–Crippen MR) is 55.2 cm³/mol. The van der Waals surface area contributed by atoms with Crippen LogP contribution in [0.3, 0.4) is 0 Å². The molecule has 0 aliphatic carbocycles. The highest BCUT2D eigenvalue weighted by atomic mass is 16.6. The van der Waals surface area contributed by atoms with E-state index in [-0.39, 0.29) is 11.6 Å². The number of non-ortho nitro benzene ring substituents is 1. The molecule has 0 atom stereocenters. The molecule has 0 saturated carbocycles. The lowest BCUT2D eigenvalue weighted by Crippen LogP contribution is -2.21. The average molecular weight is 208 g/mol. The van der Waals surface area contributed by atoms with Crippen molar-refractivity contribution in [2.75, 3.05) is 0 Å². The number of nitro benzene ring substituents is 1. The Balaban J connectivity index is 2.57. The molecule has 0 heterocycles. The summed E-state index contributed by atoms with van der Waals surface area (Å²) in [5.74, 6) is -0.0339. The maximum Gasteiger partial charge on any atom is 0.269 e. The minimum atomic E-state index is -0.450. The van der Waals surface area contributed by atoms with Gasteiger partial charge in [0.15, 0.2) is 0 Å². The molecule has 0 bridgehead atoms. The molecule has 1 N–H and O–H groups in total. The number of rotatable bonds is 4. The van der Waals surface area contributed by atoms with E-state index in [0.717, 1.165) is 5.56 Å². The first kappa shape index (κ1) is 11.2. The van der Waals surface area contributed by atoms with Crippen LogP contribution in [-0.4, -0.2) is 10.8 Å². The zero-order valence-corrected chi connectivity index (χ0v) is 8.40. The van der Waals surface area contributed by atoms with Gasteiger partial charge in [-0.3, -0.25) is 14.9 Å². The third kappa shape index (κ3) is 3.38. The molecule has 0 saturated heterocycles. The van der Waals surface area contributed by atoms with Gasteiger partial charge in [0.1, 0.15) is 0 Å². The molecule has 1 aromatic rings. The summed E-state index contributed by atoms with van der Waals surface area (Å²) in [6.07, 6.45) is 0.437. The fraction of sp³-hybridized carbons (Fsp3) is 0.300. The number of nitrogens with zero attached hydrogens (tertiary/aromatic N) is 1. The number of carbonyl (C=O) groups is 1. The van der Waals surface area contributed by atoms with Crippen molar-refractivity contribution in [3.63, 3.8) is 0 Å². The third-order valence-corrected chi connectivity index (χ3v) is 1.96. The molecule has 1 aromatic carbocycles. The molecule has 0 spiro atoms. The maximum atomic E-state index is 10.9. The summed E-state index contributed by atoms with van der Waals surface area (Å²) >= 11 is 0. The Bertz CT molecular complexity index is 359. The first-order valence-corrected chi connectivity index (χ1v) is 4.63. The first-order valence-electron chi connectivity index (χ1n) is 4.63. The van der Waals surface area contributed by atoms with Crippen LogP contribution >= 0.6 is 0 Å². The van der Waals surface area contributed by atoms with E-state index in [1.807, 2.05) is 0 Å². The standard InChI is InChI=1S/C10H12N2O3/c1-2-10(13)11-7-8-3-5-9(6-4-8)12(14)15/h3-6H,2,7H2,1H3,(H,11,13). The Morgan fingerprint density at radius 1 is 1.40 bits per heavy atom. The zero-order chi connectivity index (χ0) is 11.3. The van der Waals surface area contributed by atoms with E-state index < -0.39 is 4.92 Å². The number of hydrogen-bond donors (Lipinski definition) is 1. The lowest BCUT2D eigenvalue weighted by Gasteiger charge is -2.02. The van der Waals surface area contributed by atoms with E-state index in [1.165, 1.54) is 12.1 Å². The van der Waals surface area contributed by atoms with Crippen LogP contribution in [0.1, 0.15) is 18.9 Å². The topological polar surface area (TPSA) is 72.2 Å². The summed E-state index contributed by atoms with van der Waals surface area (Å²) in [5, 5.41) is 13.0. The second kappa shape index (κ2) is 5.09. The normalized spacial score (nSPS) is 9.67. The van der Waals surface area contributed by atoms with E-state index in [1.54, 1.807) is 19.1 Å². The number of amides is 1. The van der Waals surface area contributed by atoms with E-state index in [9.17, 15) is 14.9 Å². The lowest BCUT2D eigenvalue weighted by atomic mass is 10.2. The fourth-order valence-electron chi connectivity index (χ4n) is 1.06. The van der Waals surface area contributed by atoms with Crippen molar-refractivity contribution in [2.45, 2.75) is 19.9 Å². The van der Waals surface area contributed by atoms with Crippen LogP contribution in [0.25, 0.3) is 0 Å². The van der Waals surface area contributed by atoms with Crippen molar-refractivity contribution in [1.82, 2.24) is 5.32 Å². The molecule has 0 aliphatic heterocycles. The minimum absolute atomic E-state index is 0.0339. The van der Waals surface area contributed by atoms with Crippen LogP contribution < -0.4 is 5.32 Å². The molecule has 15 heavy (non-hydrogen) atoms. The maximum absolute atomic E-state index is 10.9. The van der Waals surface area contributed by atoms with Gasteiger partial charge >= 0.3 is 0 Å². The lowest BCUT2D eigenvalue weighted by molar-refractivity contribution is -0.384. The largest absolute Gasteiger partial charge is 0.352 e. The Labute approximate surface area is 87.3 Å². The number of nitrogens with one attached hydrogen (secondary N) is 1. The first-order chi connectivity index (χ1) is 7.13. The number of benzene rings is 1. The SMILES string of the molecule is CCC(=O)NCc1ccc([N+](=O)[O-])cc1. The van der Waals surface area contributed by atoms with Gasteiger partial charge in [0.2, 0.25) is 5.91 Å². The number of nitro groups is 1. The highest BCUT2D eigenvalue weighted by molar-refractivity contribution is 5.75. The predicted octanol–water partition coefficient (Wildman–Crippen LogP) is 1.62. The molecule has 1 amide bonds. The molecule has 0 aliphatic rings. The van der Waals surface area contributed by atoms with Crippen LogP contribution in [0.4, 0.5) is 5.69 Å². The summed E-state index contributed by atoms with van der Waals surface area (Å²) in [6, 6.07) is 6.11. The molecule has 5 heteroatoms. The Morgan fingerprint density at radius 3 is 2.47 bits per heavy atom. The van der Waals surface area contributed by atoms with E-state index in [4.69, 9.17) is 0 Å². The summed E-state index contributed by atoms with van der Waals surface area (Å²) in [5.41, 5.74) is 0.906. The Morgan fingerprint density at radius 2 is 2.00 bits per heavy atom. The average Bonchev–Trinajstić information content (AvgIpc) is 2.26. The number of carbonyl (C=O) groups excluding carboxylic acids is 1. The van der Waals surface area contributed by atoms with E-state index >= 15 is 0 Å². The van der Waals surface area contributed by atoms with Gasteiger partial charge in [0, 0.05) is 25.1 Å². The molecule has 0 unspecified atom stereocenters.